The Labute approximate surface area is 159 Å². The molecule has 0 unspecified atom stereocenters. The van der Waals surface area contributed by atoms with Gasteiger partial charge in [0.1, 0.15) is 5.75 Å². The third kappa shape index (κ3) is 3.95. The fourth-order valence-electron chi connectivity index (χ4n) is 3.21. The molecule has 4 heteroatoms. The van der Waals surface area contributed by atoms with Gasteiger partial charge in [-0.2, -0.15) is 0 Å². The SMILES string of the molecule is CC(C)c1ccc(Cc2cnccc2OC(C)(C)C(=O)O)c2ccccc12. The minimum Gasteiger partial charge on any atom is -0.478 e. The molecule has 0 spiro atoms. The predicted molar refractivity (Wildman–Crippen MR) is 107 cm³/mol. The number of carboxylic acids is 1. The zero-order valence-corrected chi connectivity index (χ0v) is 16.2. The summed E-state index contributed by atoms with van der Waals surface area (Å²) >= 11 is 0. The van der Waals surface area contributed by atoms with Crippen LogP contribution in [0.5, 0.6) is 5.75 Å². The molecule has 4 nitrogen and oxygen atoms in total. The van der Waals surface area contributed by atoms with Gasteiger partial charge in [-0.3, -0.25) is 4.98 Å². The second-order valence-electron chi connectivity index (χ2n) is 7.59. The molecule has 0 atom stereocenters. The minimum atomic E-state index is -1.31. The van der Waals surface area contributed by atoms with E-state index in [1.54, 1.807) is 32.3 Å². The van der Waals surface area contributed by atoms with Gasteiger partial charge in [-0.05, 0) is 47.7 Å². The van der Waals surface area contributed by atoms with Gasteiger partial charge in [-0.25, -0.2) is 4.79 Å². The van der Waals surface area contributed by atoms with Crippen molar-refractivity contribution >= 4 is 16.7 Å². The summed E-state index contributed by atoms with van der Waals surface area (Å²) < 4.78 is 5.80. The molecular formula is C23H25NO3. The standard InChI is InChI=1S/C23H25NO3/c1-15(2)18-10-9-16(19-7-5-6-8-20(18)19)13-17-14-24-12-11-21(17)27-23(3,4)22(25)26/h5-12,14-15H,13H2,1-4H3,(H,25,26). The Morgan fingerprint density at radius 1 is 1.07 bits per heavy atom. The Hall–Kier alpha value is -2.88. The van der Waals surface area contributed by atoms with E-state index in [9.17, 15) is 9.90 Å². The zero-order valence-electron chi connectivity index (χ0n) is 16.2. The number of carboxylic acid groups (broad SMARTS) is 1. The van der Waals surface area contributed by atoms with E-state index in [2.05, 4.69) is 49.2 Å². The molecule has 0 bridgehead atoms. The second kappa shape index (κ2) is 7.39. The third-order valence-electron chi connectivity index (χ3n) is 4.79. The van der Waals surface area contributed by atoms with Gasteiger partial charge in [-0.1, -0.05) is 50.2 Å². The van der Waals surface area contributed by atoms with E-state index in [1.807, 2.05) is 6.07 Å². The number of hydrogen-bond donors (Lipinski definition) is 1. The molecule has 3 rings (SSSR count). The summed E-state index contributed by atoms with van der Waals surface area (Å²) in [5, 5.41) is 11.8. The minimum absolute atomic E-state index is 0.442. The molecule has 0 saturated carbocycles. The normalized spacial score (nSPS) is 11.7. The number of hydrogen-bond acceptors (Lipinski definition) is 3. The highest BCUT2D eigenvalue weighted by Gasteiger charge is 2.30. The van der Waals surface area contributed by atoms with Crippen molar-refractivity contribution in [3.63, 3.8) is 0 Å². The number of benzene rings is 2. The van der Waals surface area contributed by atoms with Crippen molar-refractivity contribution in [3.05, 3.63) is 71.5 Å². The van der Waals surface area contributed by atoms with E-state index in [0.29, 0.717) is 18.1 Å². The molecule has 1 N–H and O–H groups in total. The Kier molecular flexibility index (Phi) is 5.17. The molecule has 0 aliphatic heterocycles. The molecule has 0 aliphatic carbocycles. The molecule has 0 aliphatic rings. The van der Waals surface area contributed by atoms with Crippen LogP contribution in [0, 0.1) is 0 Å². The zero-order chi connectivity index (χ0) is 19.6. The van der Waals surface area contributed by atoms with Crippen LogP contribution in [0.3, 0.4) is 0 Å². The first-order valence-corrected chi connectivity index (χ1v) is 9.15. The predicted octanol–water partition coefficient (Wildman–Crippen LogP) is 5.19. The molecule has 1 heterocycles. The van der Waals surface area contributed by atoms with E-state index in [-0.39, 0.29) is 0 Å². The van der Waals surface area contributed by atoms with Gasteiger partial charge in [0.25, 0.3) is 0 Å². The highest BCUT2D eigenvalue weighted by Crippen LogP contribution is 2.31. The number of aliphatic carboxylic acids is 1. The summed E-state index contributed by atoms with van der Waals surface area (Å²) in [6.07, 6.45) is 3.99. The van der Waals surface area contributed by atoms with Gasteiger partial charge >= 0.3 is 5.97 Å². The van der Waals surface area contributed by atoms with Crippen molar-refractivity contribution in [1.82, 2.24) is 4.98 Å². The van der Waals surface area contributed by atoms with Gasteiger partial charge in [-0.15, -0.1) is 0 Å². The lowest BCUT2D eigenvalue weighted by molar-refractivity contribution is -0.152. The number of rotatable bonds is 6. The Morgan fingerprint density at radius 3 is 2.44 bits per heavy atom. The van der Waals surface area contributed by atoms with Crippen LogP contribution < -0.4 is 4.74 Å². The van der Waals surface area contributed by atoms with Gasteiger partial charge < -0.3 is 9.84 Å². The van der Waals surface area contributed by atoms with Crippen LogP contribution in [0.15, 0.2) is 54.9 Å². The number of fused-ring (bicyclic) bond motifs is 1. The lowest BCUT2D eigenvalue weighted by Crippen LogP contribution is -2.38. The number of ether oxygens (including phenoxy) is 1. The fraction of sp³-hybridized carbons (Fsp3) is 0.304. The Balaban J connectivity index is 2.02. The highest BCUT2D eigenvalue weighted by molar-refractivity contribution is 5.89. The van der Waals surface area contributed by atoms with Gasteiger partial charge in [0.05, 0.1) is 0 Å². The fourth-order valence-corrected chi connectivity index (χ4v) is 3.21. The second-order valence-corrected chi connectivity index (χ2v) is 7.59. The first-order valence-electron chi connectivity index (χ1n) is 9.15. The van der Waals surface area contributed by atoms with E-state index in [0.717, 1.165) is 5.56 Å². The summed E-state index contributed by atoms with van der Waals surface area (Å²) in [4.78, 5) is 15.6. The molecule has 0 radical (unpaired) electrons. The number of pyridine rings is 1. The maximum Gasteiger partial charge on any atom is 0.347 e. The Bertz CT molecular complexity index is 976. The molecule has 140 valence electrons. The van der Waals surface area contributed by atoms with Crippen molar-refractivity contribution in [3.8, 4) is 5.75 Å². The van der Waals surface area contributed by atoms with Crippen LogP contribution in [0.4, 0.5) is 0 Å². The Morgan fingerprint density at radius 2 is 1.78 bits per heavy atom. The molecule has 27 heavy (non-hydrogen) atoms. The van der Waals surface area contributed by atoms with Crippen molar-refractivity contribution in [2.24, 2.45) is 0 Å². The topological polar surface area (TPSA) is 59.4 Å². The largest absolute Gasteiger partial charge is 0.478 e. The quantitative estimate of drug-likeness (QED) is 0.655. The van der Waals surface area contributed by atoms with Crippen molar-refractivity contribution in [2.45, 2.75) is 45.6 Å². The summed E-state index contributed by atoms with van der Waals surface area (Å²) in [6.45, 7) is 7.49. The molecular weight excluding hydrogens is 338 g/mol. The molecule has 0 fully saturated rings. The average Bonchev–Trinajstić information content (AvgIpc) is 2.63. The highest BCUT2D eigenvalue weighted by atomic mass is 16.5. The first kappa shape index (κ1) is 18.9. The lowest BCUT2D eigenvalue weighted by atomic mass is 9.91. The maximum atomic E-state index is 11.4. The molecule has 0 saturated heterocycles. The monoisotopic (exact) mass is 363 g/mol. The van der Waals surface area contributed by atoms with Gasteiger partial charge in [0.2, 0.25) is 0 Å². The molecule has 0 amide bonds. The van der Waals surface area contributed by atoms with E-state index in [1.165, 1.54) is 21.9 Å². The van der Waals surface area contributed by atoms with E-state index < -0.39 is 11.6 Å². The smallest absolute Gasteiger partial charge is 0.347 e. The molecule has 3 aromatic rings. The van der Waals surface area contributed by atoms with Crippen LogP contribution in [0.2, 0.25) is 0 Å². The number of carbonyl (C=O) groups is 1. The maximum absolute atomic E-state index is 11.4. The third-order valence-corrected chi connectivity index (χ3v) is 4.79. The van der Waals surface area contributed by atoms with Crippen LogP contribution in [0.25, 0.3) is 10.8 Å². The van der Waals surface area contributed by atoms with Gasteiger partial charge in [0.15, 0.2) is 5.60 Å². The summed E-state index contributed by atoms with van der Waals surface area (Å²) in [5.41, 5.74) is 2.05. The molecule has 1 aromatic heterocycles. The van der Waals surface area contributed by atoms with Crippen LogP contribution >= 0.6 is 0 Å². The molecule has 2 aromatic carbocycles. The first-order chi connectivity index (χ1) is 12.8. The van der Waals surface area contributed by atoms with Gasteiger partial charge in [0, 0.05) is 24.4 Å². The summed E-state index contributed by atoms with van der Waals surface area (Å²) in [5.74, 6) is -0.0102. The van der Waals surface area contributed by atoms with Crippen molar-refractivity contribution in [1.29, 1.82) is 0 Å². The van der Waals surface area contributed by atoms with E-state index in [4.69, 9.17) is 4.74 Å². The number of nitrogens with zero attached hydrogens (tertiary/aromatic N) is 1. The lowest BCUT2D eigenvalue weighted by Gasteiger charge is -2.23. The summed E-state index contributed by atoms with van der Waals surface area (Å²) in [6, 6.07) is 14.5. The number of aromatic nitrogens is 1. The van der Waals surface area contributed by atoms with Crippen molar-refractivity contribution < 1.29 is 14.6 Å². The van der Waals surface area contributed by atoms with Crippen molar-refractivity contribution in [2.75, 3.05) is 0 Å². The van der Waals surface area contributed by atoms with Crippen LogP contribution in [0.1, 0.15) is 50.3 Å². The van der Waals surface area contributed by atoms with E-state index >= 15 is 0 Å². The van der Waals surface area contributed by atoms with Crippen LogP contribution in [-0.2, 0) is 11.2 Å². The average molecular weight is 363 g/mol. The summed E-state index contributed by atoms with van der Waals surface area (Å²) in [7, 11) is 0. The van der Waals surface area contributed by atoms with Crippen LogP contribution in [-0.4, -0.2) is 21.7 Å².